The molecule has 2 aliphatic heterocycles. The van der Waals surface area contributed by atoms with Gasteiger partial charge in [0.15, 0.2) is 0 Å². The van der Waals surface area contributed by atoms with Gasteiger partial charge in [0, 0.05) is 18.2 Å². The molecule has 2 aliphatic rings. The smallest absolute Gasteiger partial charge is 0.117 e. The van der Waals surface area contributed by atoms with E-state index in [1.165, 1.54) is 22.4 Å². The molecule has 0 spiro atoms. The molecule has 0 saturated carbocycles. The molecule has 2 atom stereocenters. The van der Waals surface area contributed by atoms with Gasteiger partial charge in [-0.3, -0.25) is 4.99 Å². The summed E-state index contributed by atoms with van der Waals surface area (Å²) in [4.78, 5) is 4.92. The highest BCUT2D eigenvalue weighted by atomic mass is 15.1. The van der Waals surface area contributed by atoms with E-state index in [1.807, 2.05) is 0 Å². The van der Waals surface area contributed by atoms with Gasteiger partial charge in [0.1, 0.15) is 5.84 Å². The molecule has 0 saturated heterocycles. The molecule has 2 nitrogen and oxygen atoms in total. The number of amidine groups is 1. The Kier molecular flexibility index (Phi) is 2.86. The maximum absolute atomic E-state index is 4.92. The van der Waals surface area contributed by atoms with Crippen LogP contribution in [0, 0.1) is 0 Å². The van der Waals surface area contributed by atoms with E-state index in [4.69, 9.17) is 4.99 Å². The molecular weight excluding hydrogens is 292 g/mol. The topological polar surface area (TPSA) is 24.4 Å². The van der Waals surface area contributed by atoms with E-state index in [0.717, 1.165) is 12.4 Å². The van der Waals surface area contributed by atoms with E-state index < -0.39 is 0 Å². The number of hydrogen-bond donors (Lipinski definition) is 1. The normalized spacial score (nSPS) is 24.0. The molecule has 116 valence electrons. The molecule has 0 aliphatic carbocycles. The number of benzene rings is 3. The van der Waals surface area contributed by atoms with Crippen molar-refractivity contribution in [2.24, 2.45) is 4.99 Å². The lowest BCUT2D eigenvalue weighted by molar-refractivity contribution is 0.579. The molecule has 0 amide bonds. The molecule has 2 heterocycles. The largest absolute Gasteiger partial charge is 0.343 e. The van der Waals surface area contributed by atoms with Crippen molar-refractivity contribution >= 4 is 11.5 Å². The highest BCUT2D eigenvalue weighted by molar-refractivity contribution is 6.14. The predicted octanol–water partition coefficient (Wildman–Crippen LogP) is 4.59. The van der Waals surface area contributed by atoms with E-state index in [9.17, 15) is 0 Å². The number of nitrogens with zero attached hydrogens (tertiary/aromatic N) is 1. The van der Waals surface area contributed by atoms with Crippen molar-refractivity contribution in [2.75, 3.05) is 11.9 Å². The van der Waals surface area contributed by atoms with Crippen molar-refractivity contribution in [1.29, 1.82) is 0 Å². The van der Waals surface area contributed by atoms with Crippen molar-refractivity contribution in [3.63, 3.8) is 0 Å². The molecule has 0 radical (unpaired) electrons. The molecule has 0 aromatic heterocycles. The maximum atomic E-state index is 4.92. The van der Waals surface area contributed by atoms with E-state index in [1.54, 1.807) is 0 Å². The molecule has 0 fully saturated rings. The van der Waals surface area contributed by atoms with Crippen molar-refractivity contribution in [3.8, 4) is 0 Å². The lowest BCUT2D eigenvalue weighted by atomic mass is 9.65. The summed E-state index contributed by atoms with van der Waals surface area (Å²) in [5.74, 6) is 1.40. The fourth-order valence-corrected chi connectivity index (χ4v) is 4.36. The molecule has 3 aromatic carbocycles. The summed E-state index contributed by atoms with van der Waals surface area (Å²) in [6.45, 7) is 0.815. The SMILES string of the molecule is c1ccc([C@@H]2CN=C3Nc4ccccc4[C@]32c2ccccc2)cc1. The Morgan fingerprint density at radius 2 is 1.46 bits per heavy atom. The van der Waals surface area contributed by atoms with E-state index in [0.29, 0.717) is 5.92 Å². The molecule has 1 N–H and O–H groups in total. The first-order valence-electron chi connectivity index (χ1n) is 8.42. The average Bonchev–Trinajstić information content (AvgIpc) is 3.18. The quantitative estimate of drug-likeness (QED) is 0.735. The minimum absolute atomic E-state index is 0.209. The highest BCUT2D eigenvalue weighted by Gasteiger charge is 2.54. The van der Waals surface area contributed by atoms with Gasteiger partial charge in [0.2, 0.25) is 0 Å². The van der Waals surface area contributed by atoms with Crippen molar-refractivity contribution in [1.82, 2.24) is 0 Å². The lowest BCUT2D eigenvalue weighted by Crippen LogP contribution is -2.38. The second-order valence-electron chi connectivity index (χ2n) is 6.50. The van der Waals surface area contributed by atoms with Crippen molar-refractivity contribution in [3.05, 3.63) is 102 Å². The van der Waals surface area contributed by atoms with Crippen LogP contribution in [0.1, 0.15) is 22.6 Å². The van der Waals surface area contributed by atoms with Crippen LogP contribution in [0.5, 0.6) is 0 Å². The number of hydrogen-bond acceptors (Lipinski definition) is 2. The third kappa shape index (κ3) is 1.68. The Hall–Kier alpha value is -2.87. The van der Waals surface area contributed by atoms with E-state index in [2.05, 4.69) is 90.2 Å². The van der Waals surface area contributed by atoms with Crippen LogP contribution in [0.4, 0.5) is 5.69 Å². The van der Waals surface area contributed by atoms with Gasteiger partial charge in [-0.15, -0.1) is 0 Å². The van der Waals surface area contributed by atoms with Crippen LogP contribution < -0.4 is 5.32 Å². The Labute approximate surface area is 141 Å². The van der Waals surface area contributed by atoms with Crippen LogP contribution in [0.25, 0.3) is 0 Å². The Balaban J connectivity index is 1.81. The molecule has 0 bridgehead atoms. The maximum Gasteiger partial charge on any atom is 0.117 e. The number of para-hydroxylation sites is 1. The zero-order valence-electron chi connectivity index (χ0n) is 13.3. The first kappa shape index (κ1) is 13.6. The average molecular weight is 310 g/mol. The van der Waals surface area contributed by atoms with Crippen LogP contribution in [-0.4, -0.2) is 12.4 Å². The third-order valence-electron chi connectivity index (χ3n) is 5.36. The minimum Gasteiger partial charge on any atom is -0.343 e. The summed E-state index contributed by atoms with van der Waals surface area (Å²) in [7, 11) is 0. The Morgan fingerprint density at radius 3 is 2.25 bits per heavy atom. The second-order valence-corrected chi connectivity index (χ2v) is 6.50. The van der Waals surface area contributed by atoms with Gasteiger partial charge < -0.3 is 5.32 Å². The van der Waals surface area contributed by atoms with Gasteiger partial charge in [0.25, 0.3) is 0 Å². The van der Waals surface area contributed by atoms with Gasteiger partial charge in [-0.2, -0.15) is 0 Å². The highest BCUT2D eigenvalue weighted by Crippen LogP contribution is 2.54. The Bertz CT molecular complexity index is 915. The fourth-order valence-electron chi connectivity index (χ4n) is 4.36. The van der Waals surface area contributed by atoms with Crippen molar-refractivity contribution in [2.45, 2.75) is 11.3 Å². The standard InChI is InChI=1S/C22H18N2/c1-3-9-16(10-4-1)19-15-23-21-22(19,17-11-5-2-6-12-17)18-13-7-8-14-20(18)24-21/h1-14,19H,15H2,(H,23,24)/t19-,22-/m0/s1. The summed E-state index contributed by atoms with van der Waals surface area (Å²) in [6.07, 6.45) is 0. The molecule has 3 aromatic rings. The summed E-state index contributed by atoms with van der Waals surface area (Å²) in [5, 5.41) is 3.59. The fraction of sp³-hybridized carbons (Fsp3) is 0.136. The number of nitrogens with one attached hydrogen (secondary N) is 1. The summed E-state index contributed by atoms with van der Waals surface area (Å²) < 4.78 is 0. The van der Waals surface area contributed by atoms with Crippen LogP contribution in [0.15, 0.2) is 89.9 Å². The first-order chi connectivity index (χ1) is 11.9. The van der Waals surface area contributed by atoms with Crippen molar-refractivity contribution < 1.29 is 0 Å². The van der Waals surface area contributed by atoms with Gasteiger partial charge in [0.05, 0.1) is 5.41 Å². The van der Waals surface area contributed by atoms with Gasteiger partial charge in [-0.05, 0) is 22.8 Å². The molecule has 5 rings (SSSR count). The lowest BCUT2D eigenvalue weighted by Gasteiger charge is -2.34. The number of fused-ring (bicyclic) bond motifs is 3. The van der Waals surface area contributed by atoms with Gasteiger partial charge in [-0.25, -0.2) is 0 Å². The van der Waals surface area contributed by atoms with Gasteiger partial charge in [-0.1, -0.05) is 78.9 Å². The molecule has 0 unspecified atom stereocenters. The first-order valence-corrected chi connectivity index (χ1v) is 8.42. The summed E-state index contributed by atoms with van der Waals surface area (Å²) in [6, 6.07) is 30.2. The number of anilines is 1. The number of aliphatic imine (C=N–C) groups is 1. The molecule has 24 heavy (non-hydrogen) atoms. The second kappa shape index (κ2) is 5.07. The van der Waals surface area contributed by atoms with Crippen LogP contribution in [0.2, 0.25) is 0 Å². The molecular formula is C22H18N2. The zero-order valence-corrected chi connectivity index (χ0v) is 13.3. The monoisotopic (exact) mass is 310 g/mol. The summed E-state index contributed by atoms with van der Waals surface area (Å²) >= 11 is 0. The van der Waals surface area contributed by atoms with Crippen LogP contribution in [-0.2, 0) is 5.41 Å². The van der Waals surface area contributed by atoms with E-state index >= 15 is 0 Å². The summed E-state index contributed by atoms with van der Waals surface area (Å²) in [5.41, 5.74) is 4.97. The van der Waals surface area contributed by atoms with Crippen LogP contribution in [0.3, 0.4) is 0 Å². The van der Waals surface area contributed by atoms with Gasteiger partial charge >= 0.3 is 0 Å². The third-order valence-corrected chi connectivity index (χ3v) is 5.36. The minimum atomic E-state index is -0.209. The van der Waals surface area contributed by atoms with Crippen LogP contribution >= 0.6 is 0 Å². The predicted molar refractivity (Wildman–Crippen MR) is 98.8 cm³/mol. The number of rotatable bonds is 2. The zero-order chi connectivity index (χ0) is 16.0. The Morgan fingerprint density at radius 1 is 0.792 bits per heavy atom. The van der Waals surface area contributed by atoms with E-state index in [-0.39, 0.29) is 5.41 Å². The molecule has 2 heteroatoms.